The molecule has 2 nitrogen and oxygen atoms in total. The van der Waals surface area contributed by atoms with E-state index in [1.807, 2.05) is 0 Å². The quantitative estimate of drug-likeness (QED) is 0.139. The van der Waals surface area contributed by atoms with E-state index >= 15 is 0 Å². The molecule has 25 heavy (non-hydrogen) atoms. The van der Waals surface area contributed by atoms with Crippen LogP contribution in [0.5, 0.6) is 0 Å². The van der Waals surface area contributed by atoms with Gasteiger partial charge in [0.25, 0.3) is 0 Å². The van der Waals surface area contributed by atoms with Crippen LogP contribution >= 0.6 is 17.9 Å². The highest BCUT2D eigenvalue weighted by Crippen LogP contribution is 2.56. The second-order valence-corrected chi connectivity index (χ2v) is 12.6. The first kappa shape index (κ1) is 25.9. The van der Waals surface area contributed by atoms with Crippen LogP contribution in [0.15, 0.2) is 0 Å². The molecule has 0 saturated carbocycles. The van der Waals surface area contributed by atoms with E-state index < -0.39 is 5.69 Å². The molecule has 0 aromatic heterocycles. The van der Waals surface area contributed by atoms with Gasteiger partial charge in [0.15, 0.2) is 0 Å². The highest BCUT2D eigenvalue weighted by molar-refractivity contribution is 8.60. The van der Waals surface area contributed by atoms with Crippen LogP contribution in [0, 0.1) is 0 Å². The van der Waals surface area contributed by atoms with Gasteiger partial charge < -0.3 is 9.05 Å². The maximum Gasteiger partial charge on any atom is 0.244 e. The summed E-state index contributed by atoms with van der Waals surface area (Å²) in [4.78, 5) is 0. The molecule has 0 fully saturated rings. The number of thiol groups is 1. The Balaban J connectivity index is 3.77. The highest BCUT2D eigenvalue weighted by Gasteiger charge is 2.20. The molecule has 0 rings (SSSR count). The van der Waals surface area contributed by atoms with E-state index in [-0.39, 0.29) is 12.2 Å². The van der Waals surface area contributed by atoms with E-state index in [0.29, 0.717) is 0 Å². The van der Waals surface area contributed by atoms with Gasteiger partial charge in [0.2, 0.25) is 5.69 Å². The smallest absolute Gasteiger partial charge is 0.244 e. The van der Waals surface area contributed by atoms with Crippen LogP contribution < -0.4 is 0 Å². The number of hydrogen-bond donors (Lipinski definition) is 1. The number of unbranched alkanes of at least 4 members (excludes halogenated alkanes) is 10. The Morgan fingerprint density at radius 3 is 1.36 bits per heavy atom. The summed E-state index contributed by atoms with van der Waals surface area (Å²) in [7, 11) is 0. The van der Waals surface area contributed by atoms with Crippen LogP contribution in [0.25, 0.3) is 0 Å². The fraction of sp³-hybridized carbons (Fsp3) is 1.00. The van der Waals surface area contributed by atoms with E-state index in [4.69, 9.17) is 20.9 Å². The monoisotopic (exact) mass is 410 g/mol. The molecule has 2 unspecified atom stereocenters. The molecule has 0 radical (unpaired) electrons. The predicted octanol–water partition coefficient (Wildman–Crippen LogP) is 8.45. The third-order valence-electron chi connectivity index (χ3n) is 4.55. The molecule has 152 valence electrons. The molecular weight excluding hydrogens is 367 g/mol. The molecule has 5 heteroatoms. The van der Waals surface area contributed by atoms with Crippen LogP contribution in [0.3, 0.4) is 0 Å². The van der Waals surface area contributed by atoms with Gasteiger partial charge in [-0.25, -0.2) is 0 Å². The van der Waals surface area contributed by atoms with Crippen molar-refractivity contribution in [1.82, 2.24) is 0 Å². The first-order chi connectivity index (χ1) is 11.9. The molecule has 0 aromatic rings. The molecule has 0 aliphatic carbocycles. The van der Waals surface area contributed by atoms with Crippen LogP contribution in [-0.2, 0) is 20.9 Å². The summed E-state index contributed by atoms with van der Waals surface area (Å²) >= 11 is 10.0. The van der Waals surface area contributed by atoms with Gasteiger partial charge in [-0.2, -0.15) is 0 Å². The number of hydrogen-bond acceptors (Lipinski definition) is 3. The van der Waals surface area contributed by atoms with Crippen molar-refractivity contribution in [3.63, 3.8) is 0 Å². The molecule has 0 saturated heterocycles. The normalized spacial score (nSPS) is 16.5. The Kier molecular flexibility index (Phi) is 17.7. The van der Waals surface area contributed by atoms with Gasteiger partial charge in [-0.15, -0.1) is 0 Å². The molecular formula is C20H43O2PS2. The van der Waals surface area contributed by atoms with Crippen molar-refractivity contribution in [3.05, 3.63) is 0 Å². The molecule has 2 atom stereocenters. The largest absolute Gasteiger partial charge is 0.319 e. The summed E-state index contributed by atoms with van der Waals surface area (Å²) in [6.45, 7) is 8.71. The fourth-order valence-corrected chi connectivity index (χ4v) is 6.03. The standard InChI is InChI=1S/C20H43O2PS2/c1-5-7-9-11-13-15-17-19(3)21-23(24,25)22-20(4)18-16-14-12-10-8-6-2/h19-20H,5-18H2,1-4H3,(H,24,25). The zero-order chi connectivity index (χ0) is 19.0. The SMILES string of the molecule is CCCCCCCCC(C)OP(=S)(S)OC(C)CCCCCCCC. The summed E-state index contributed by atoms with van der Waals surface area (Å²) in [6, 6.07) is 0. The Morgan fingerprint density at radius 1 is 0.680 bits per heavy atom. The van der Waals surface area contributed by atoms with Gasteiger partial charge in [0.1, 0.15) is 0 Å². The number of rotatable bonds is 18. The van der Waals surface area contributed by atoms with Crippen molar-refractivity contribution in [2.24, 2.45) is 0 Å². The summed E-state index contributed by atoms with van der Waals surface area (Å²) in [5.74, 6) is 0. The van der Waals surface area contributed by atoms with Crippen molar-refractivity contribution in [2.75, 3.05) is 0 Å². The maximum atomic E-state index is 5.96. The predicted molar refractivity (Wildman–Crippen MR) is 120 cm³/mol. The van der Waals surface area contributed by atoms with Crippen molar-refractivity contribution >= 4 is 29.7 Å². The summed E-state index contributed by atoms with van der Waals surface area (Å²) in [6.07, 6.45) is 18.1. The molecule has 0 heterocycles. The second-order valence-electron chi connectivity index (χ2n) is 7.41. The summed E-state index contributed by atoms with van der Waals surface area (Å²) < 4.78 is 11.9. The Labute approximate surface area is 168 Å². The van der Waals surface area contributed by atoms with Crippen molar-refractivity contribution < 1.29 is 9.05 Å². The molecule has 0 aliphatic heterocycles. The van der Waals surface area contributed by atoms with E-state index in [1.54, 1.807) is 0 Å². The Morgan fingerprint density at radius 2 is 1.00 bits per heavy atom. The molecule has 0 spiro atoms. The Bertz CT molecular complexity index is 312. The van der Waals surface area contributed by atoms with Crippen molar-refractivity contribution in [1.29, 1.82) is 0 Å². The summed E-state index contributed by atoms with van der Waals surface area (Å²) in [5.41, 5.74) is -2.41. The van der Waals surface area contributed by atoms with Gasteiger partial charge in [0, 0.05) is 0 Å². The zero-order valence-corrected chi connectivity index (χ0v) is 19.8. The minimum atomic E-state index is -2.41. The van der Waals surface area contributed by atoms with Crippen molar-refractivity contribution in [2.45, 2.75) is 130 Å². The minimum Gasteiger partial charge on any atom is -0.319 e. The highest BCUT2D eigenvalue weighted by atomic mass is 32.9. The first-order valence-electron chi connectivity index (χ1n) is 10.6. The maximum absolute atomic E-state index is 5.96. The molecule has 0 N–H and O–H groups in total. The first-order valence-corrected chi connectivity index (χ1v) is 14.4. The van der Waals surface area contributed by atoms with Crippen molar-refractivity contribution in [3.8, 4) is 0 Å². The van der Waals surface area contributed by atoms with Gasteiger partial charge >= 0.3 is 0 Å². The van der Waals surface area contributed by atoms with Crippen LogP contribution in [0.1, 0.15) is 118 Å². The van der Waals surface area contributed by atoms with Gasteiger partial charge in [0.05, 0.1) is 12.2 Å². The fourth-order valence-electron chi connectivity index (χ4n) is 3.01. The topological polar surface area (TPSA) is 18.5 Å². The lowest BCUT2D eigenvalue weighted by Crippen LogP contribution is -2.10. The van der Waals surface area contributed by atoms with Crippen LogP contribution in [0.4, 0.5) is 0 Å². The third-order valence-corrected chi connectivity index (χ3v) is 6.89. The lowest BCUT2D eigenvalue weighted by molar-refractivity contribution is 0.154. The second kappa shape index (κ2) is 17.0. The van der Waals surface area contributed by atoms with Gasteiger partial charge in [-0.05, 0) is 38.5 Å². The Hall–Kier alpha value is 0.920. The summed E-state index contributed by atoms with van der Waals surface area (Å²) in [5, 5.41) is 0. The molecule has 0 amide bonds. The lowest BCUT2D eigenvalue weighted by Gasteiger charge is -2.25. The van der Waals surface area contributed by atoms with Gasteiger partial charge in [-0.1, -0.05) is 103 Å². The van der Waals surface area contributed by atoms with E-state index in [9.17, 15) is 0 Å². The third kappa shape index (κ3) is 18.1. The minimum absolute atomic E-state index is 0.149. The molecule has 0 aliphatic rings. The van der Waals surface area contributed by atoms with Crippen LogP contribution in [0.2, 0.25) is 0 Å². The van der Waals surface area contributed by atoms with Gasteiger partial charge in [-0.3, -0.25) is 0 Å². The lowest BCUT2D eigenvalue weighted by atomic mass is 10.1. The molecule has 0 bridgehead atoms. The zero-order valence-electron chi connectivity index (χ0n) is 17.2. The van der Waals surface area contributed by atoms with E-state index in [2.05, 4.69) is 39.9 Å². The van der Waals surface area contributed by atoms with E-state index in [1.165, 1.54) is 77.0 Å². The average Bonchev–Trinajstić information content (AvgIpc) is 2.53. The average molecular weight is 411 g/mol. The molecule has 0 aromatic carbocycles. The van der Waals surface area contributed by atoms with Crippen LogP contribution in [-0.4, -0.2) is 12.2 Å². The van der Waals surface area contributed by atoms with E-state index in [0.717, 1.165) is 12.8 Å².